The van der Waals surface area contributed by atoms with Gasteiger partial charge in [0.15, 0.2) is 12.0 Å². The molecule has 1 fully saturated rings. The van der Waals surface area contributed by atoms with Crippen molar-refractivity contribution in [3.8, 4) is 0 Å². The van der Waals surface area contributed by atoms with E-state index in [-0.39, 0.29) is 12.5 Å². The lowest BCUT2D eigenvalue weighted by molar-refractivity contribution is -0.168. The van der Waals surface area contributed by atoms with Gasteiger partial charge in [-0.15, -0.1) is 0 Å². The number of nitrogens with zero attached hydrogens (tertiary/aromatic N) is 3. The van der Waals surface area contributed by atoms with E-state index in [1.54, 1.807) is 55.3 Å². The van der Waals surface area contributed by atoms with E-state index in [4.69, 9.17) is 18.9 Å². The second-order valence-corrected chi connectivity index (χ2v) is 12.8. The van der Waals surface area contributed by atoms with Crippen molar-refractivity contribution < 1.29 is 34.0 Å². The Balaban J connectivity index is 1.21. The van der Waals surface area contributed by atoms with Crippen molar-refractivity contribution in [1.82, 2.24) is 14.5 Å². The maximum absolute atomic E-state index is 12.9. The minimum absolute atomic E-state index is 0.0882. The molecule has 0 unspecified atom stereocenters. The van der Waals surface area contributed by atoms with Crippen LogP contribution in [0.1, 0.15) is 41.1 Å². The molecule has 3 N–H and O–H groups in total. The molecule has 2 aromatic heterocycles. The summed E-state index contributed by atoms with van der Waals surface area (Å²) in [4.78, 5) is 21.7. The van der Waals surface area contributed by atoms with Gasteiger partial charge in [0.1, 0.15) is 41.2 Å². The van der Waals surface area contributed by atoms with Gasteiger partial charge < -0.3 is 39.0 Å². The van der Waals surface area contributed by atoms with Gasteiger partial charge in [-0.25, -0.2) is 9.97 Å². The lowest BCUT2D eigenvalue weighted by Crippen LogP contribution is -2.45. The number of hydrogen-bond acceptors (Lipinski definition) is 9. The highest BCUT2D eigenvalue weighted by molar-refractivity contribution is 6.07. The van der Waals surface area contributed by atoms with Crippen LogP contribution in [0.25, 0.3) is 11.0 Å². The van der Waals surface area contributed by atoms with Crippen LogP contribution in [0, 0.1) is 0 Å². The monoisotopic (exact) mass is 688 g/mol. The molecule has 0 spiro atoms. The molecule has 0 bridgehead atoms. The summed E-state index contributed by atoms with van der Waals surface area (Å²) in [7, 11) is 3.21. The SMILES string of the molecule is COC1(OC)C=CC(C(OC[C@H]2O[C@@H](n3ccc4c(NC(=O)c5ccccc5)ncnc43)[C@](C)(O)[C@@H]2O)(c2ccccc2)c2ccccc2)=CC1. The smallest absolute Gasteiger partial charge is 0.256 e. The van der Waals surface area contributed by atoms with Crippen LogP contribution >= 0.6 is 0 Å². The fourth-order valence-corrected chi connectivity index (χ4v) is 6.96. The van der Waals surface area contributed by atoms with E-state index in [9.17, 15) is 15.0 Å². The molecule has 1 saturated heterocycles. The van der Waals surface area contributed by atoms with Crippen molar-refractivity contribution in [3.05, 3.63) is 150 Å². The van der Waals surface area contributed by atoms with E-state index >= 15 is 0 Å². The fraction of sp³-hybridized carbons (Fsp3) is 0.275. The quantitative estimate of drug-likeness (QED) is 0.153. The van der Waals surface area contributed by atoms with Gasteiger partial charge in [-0.1, -0.05) is 91.0 Å². The number of carbonyl (C=O) groups excluding carboxylic acids is 1. The topological polar surface area (TPSA) is 137 Å². The normalized spacial score (nSPS) is 22.9. The number of aliphatic hydroxyl groups is 2. The molecule has 0 radical (unpaired) electrons. The average Bonchev–Trinajstić information content (AvgIpc) is 3.71. The summed E-state index contributed by atoms with van der Waals surface area (Å²) in [5.74, 6) is -0.925. The van der Waals surface area contributed by atoms with Gasteiger partial charge in [0, 0.05) is 32.4 Å². The van der Waals surface area contributed by atoms with Crippen molar-refractivity contribution in [1.29, 1.82) is 0 Å². The van der Waals surface area contributed by atoms with Crippen molar-refractivity contribution in [2.45, 2.75) is 48.8 Å². The number of aliphatic hydroxyl groups excluding tert-OH is 1. The highest BCUT2D eigenvalue weighted by Crippen LogP contribution is 2.46. The van der Waals surface area contributed by atoms with E-state index < -0.39 is 35.4 Å². The highest BCUT2D eigenvalue weighted by Gasteiger charge is 2.54. The van der Waals surface area contributed by atoms with Crippen molar-refractivity contribution in [2.75, 3.05) is 26.1 Å². The van der Waals surface area contributed by atoms with Gasteiger partial charge in [-0.3, -0.25) is 4.79 Å². The third kappa shape index (κ3) is 6.18. The zero-order chi connectivity index (χ0) is 35.6. The molecule has 3 aromatic carbocycles. The fourth-order valence-electron chi connectivity index (χ4n) is 6.96. The minimum atomic E-state index is -1.75. The second kappa shape index (κ2) is 14.0. The zero-order valence-corrected chi connectivity index (χ0v) is 28.5. The molecule has 1 aliphatic heterocycles. The Morgan fingerprint density at radius 2 is 1.59 bits per heavy atom. The Labute approximate surface area is 295 Å². The first-order valence-corrected chi connectivity index (χ1v) is 16.7. The molecule has 1 amide bonds. The molecule has 2 aliphatic rings. The summed E-state index contributed by atoms with van der Waals surface area (Å²) >= 11 is 0. The summed E-state index contributed by atoms with van der Waals surface area (Å²) in [5.41, 5.74) is 0.591. The molecule has 5 aromatic rings. The number of carbonyl (C=O) groups is 1. The van der Waals surface area contributed by atoms with Crippen molar-refractivity contribution >= 4 is 22.8 Å². The van der Waals surface area contributed by atoms with Gasteiger partial charge in [0.25, 0.3) is 5.91 Å². The van der Waals surface area contributed by atoms with Crippen LogP contribution in [-0.2, 0) is 24.5 Å². The lowest BCUT2D eigenvalue weighted by atomic mass is 9.77. The Morgan fingerprint density at radius 3 is 2.18 bits per heavy atom. The number of ether oxygens (including phenoxy) is 4. The van der Waals surface area contributed by atoms with Crippen molar-refractivity contribution in [2.24, 2.45) is 0 Å². The molecule has 11 heteroatoms. The van der Waals surface area contributed by atoms with Crippen LogP contribution in [0.5, 0.6) is 0 Å². The number of nitrogens with one attached hydrogen (secondary N) is 1. The Morgan fingerprint density at radius 1 is 0.961 bits per heavy atom. The summed E-state index contributed by atoms with van der Waals surface area (Å²) in [6.45, 7) is 1.44. The third-order valence-corrected chi connectivity index (χ3v) is 9.83. The second-order valence-electron chi connectivity index (χ2n) is 12.8. The number of methoxy groups -OCH3 is 2. The summed E-state index contributed by atoms with van der Waals surface area (Å²) in [6, 6.07) is 30.3. The zero-order valence-electron chi connectivity index (χ0n) is 28.5. The van der Waals surface area contributed by atoms with E-state index in [0.29, 0.717) is 28.8 Å². The molecule has 11 nitrogen and oxygen atoms in total. The Kier molecular flexibility index (Phi) is 9.42. The molecule has 262 valence electrons. The number of fused-ring (bicyclic) bond motifs is 1. The van der Waals surface area contributed by atoms with E-state index in [2.05, 4.69) is 15.3 Å². The predicted molar refractivity (Wildman–Crippen MR) is 191 cm³/mol. The van der Waals surface area contributed by atoms with Gasteiger partial charge in [-0.05, 0) is 47.9 Å². The van der Waals surface area contributed by atoms with Gasteiger partial charge in [0.05, 0.1) is 12.0 Å². The number of benzene rings is 3. The first-order chi connectivity index (χ1) is 24.7. The van der Waals surface area contributed by atoms with E-state index in [1.165, 1.54) is 13.3 Å². The van der Waals surface area contributed by atoms with Gasteiger partial charge in [-0.2, -0.15) is 0 Å². The van der Waals surface area contributed by atoms with Crippen molar-refractivity contribution in [3.63, 3.8) is 0 Å². The molecule has 4 atom stereocenters. The molecule has 1 aliphatic carbocycles. The molecular weight excluding hydrogens is 648 g/mol. The number of hydrogen-bond donors (Lipinski definition) is 3. The van der Waals surface area contributed by atoms with E-state index in [0.717, 1.165) is 16.7 Å². The standard InChI is InChI=1S/C40H40N4O7/c1-38(47)33(45)32(51-37(38)44-24-21-31-34(41-26-42-35(31)44)43-36(46)27-13-7-4-8-14-27)25-50-40(28-15-9-5-10-16-28,29-17-11-6-12-18-29)30-19-22-39(48-2,49-3)23-20-30/h4-22,24,26,32-33,37,45,47H,23,25H2,1-3H3,(H,41,42,43,46)/t32-,33-,37-,38-/m1/s1. The number of aromatic nitrogens is 3. The average molecular weight is 689 g/mol. The van der Waals surface area contributed by atoms with Crippen LogP contribution in [0.3, 0.4) is 0 Å². The van der Waals surface area contributed by atoms with Crippen LogP contribution in [0.15, 0.2) is 133 Å². The maximum Gasteiger partial charge on any atom is 0.256 e. The lowest BCUT2D eigenvalue weighted by Gasteiger charge is -2.40. The molecule has 51 heavy (non-hydrogen) atoms. The highest BCUT2D eigenvalue weighted by atomic mass is 16.7. The first-order valence-electron chi connectivity index (χ1n) is 16.7. The number of rotatable bonds is 11. The van der Waals surface area contributed by atoms with Crippen LogP contribution in [-0.4, -0.2) is 75.1 Å². The van der Waals surface area contributed by atoms with Gasteiger partial charge in [0.2, 0.25) is 0 Å². The molecule has 3 heterocycles. The molecular formula is C40H40N4O7. The largest absolute Gasteiger partial charge is 0.387 e. The Bertz CT molecular complexity index is 2000. The van der Waals surface area contributed by atoms with Gasteiger partial charge >= 0.3 is 0 Å². The van der Waals surface area contributed by atoms with Crippen LogP contribution in [0.4, 0.5) is 5.82 Å². The number of amides is 1. The maximum atomic E-state index is 12.9. The molecule has 0 saturated carbocycles. The van der Waals surface area contributed by atoms with E-state index in [1.807, 2.05) is 85.0 Å². The van der Waals surface area contributed by atoms with Crippen LogP contribution in [0.2, 0.25) is 0 Å². The van der Waals surface area contributed by atoms with Crippen LogP contribution < -0.4 is 5.32 Å². The predicted octanol–water partition coefficient (Wildman–Crippen LogP) is 5.53. The summed E-state index contributed by atoms with van der Waals surface area (Å²) < 4.78 is 26.5. The Hall–Kier alpha value is -5.01. The summed E-state index contributed by atoms with van der Waals surface area (Å²) in [5, 5.41) is 26.8. The summed E-state index contributed by atoms with van der Waals surface area (Å²) in [6.07, 6.45) is 6.00. The number of anilines is 1. The first kappa shape index (κ1) is 34.4. The molecule has 7 rings (SSSR count). The third-order valence-electron chi connectivity index (χ3n) is 9.83. The minimum Gasteiger partial charge on any atom is -0.387 e.